The second-order valence-electron chi connectivity index (χ2n) is 4.55. The Morgan fingerprint density at radius 3 is 2.58 bits per heavy atom. The maximum Gasteiger partial charge on any atom is 0.122 e. The van der Waals surface area contributed by atoms with Crippen molar-refractivity contribution >= 4 is 0 Å². The van der Waals surface area contributed by atoms with Gasteiger partial charge in [0.1, 0.15) is 11.8 Å². The molecule has 0 N–H and O–H groups in total. The molecule has 0 aliphatic carbocycles. The molecule has 0 unspecified atom stereocenters. The van der Waals surface area contributed by atoms with Gasteiger partial charge in [-0.2, -0.15) is 5.26 Å². The fourth-order valence-electron chi connectivity index (χ4n) is 2.37. The van der Waals surface area contributed by atoms with Gasteiger partial charge in [0.15, 0.2) is 0 Å². The van der Waals surface area contributed by atoms with Crippen LogP contribution < -0.4 is 4.74 Å². The van der Waals surface area contributed by atoms with E-state index >= 15 is 0 Å². The van der Waals surface area contributed by atoms with Gasteiger partial charge in [0.05, 0.1) is 12.7 Å². The monoisotopic (exact) mass is 252 g/mol. The molecule has 0 radical (unpaired) electrons. The van der Waals surface area contributed by atoms with Crippen molar-refractivity contribution < 1.29 is 4.74 Å². The van der Waals surface area contributed by atoms with Gasteiger partial charge in [-0.1, -0.05) is 0 Å². The number of aromatic nitrogens is 1. The summed E-state index contributed by atoms with van der Waals surface area (Å²) in [6, 6.07) is 6.10. The van der Waals surface area contributed by atoms with Crippen molar-refractivity contribution in [2.45, 2.75) is 20.8 Å². The van der Waals surface area contributed by atoms with Crippen molar-refractivity contribution in [3.05, 3.63) is 46.8 Å². The third kappa shape index (κ3) is 2.17. The summed E-state index contributed by atoms with van der Waals surface area (Å²) in [7, 11) is 1.67. The summed E-state index contributed by atoms with van der Waals surface area (Å²) in [5.41, 5.74) is 5.96. The van der Waals surface area contributed by atoms with E-state index in [1.54, 1.807) is 19.5 Å². The number of hydrogen-bond donors (Lipinski definition) is 0. The molecular formula is C16H16N2O. The molecule has 0 aliphatic heterocycles. The Morgan fingerprint density at radius 2 is 1.95 bits per heavy atom. The third-order valence-corrected chi connectivity index (χ3v) is 3.48. The molecule has 2 rings (SSSR count). The first-order valence-electron chi connectivity index (χ1n) is 6.09. The predicted molar refractivity (Wildman–Crippen MR) is 75.2 cm³/mol. The average molecular weight is 252 g/mol. The van der Waals surface area contributed by atoms with Crippen LogP contribution in [0, 0.1) is 32.1 Å². The fourth-order valence-corrected chi connectivity index (χ4v) is 2.37. The predicted octanol–water partition coefficient (Wildman–Crippen LogP) is 3.55. The van der Waals surface area contributed by atoms with Crippen molar-refractivity contribution in [3.8, 4) is 22.9 Å². The molecule has 1 heterocycles. The van der Waals surface area contributed by atoms with E-state index in [4.69, 9.17) is 4.74 Å². The SMILES string of the molecule is COc1cc(C)c(-c2ccncc2C#N)c(C)c1C. The summed E-state index contributed by atoms with van der Waals surface area (Å²) < 4.78 is 5.38. The molecule has 0 saturated carbocycles. The summed E-state index contributed by atoms with van der Waals surface area (Å²) >= 11 is 0. The second-order valence-corrected chi connectivity index (χ2v) is 4.55. The third-order valence-electron chi connectivity index (χ3n) is 3.48. The molecule has 2 aromatic rings. The van der Waals surface area contributed by atoms with Crippen LogP contribution in [0.25, 0.3) is 11.1 Å². The lowest BCUT2D eigenvalue weighted by atomic mass is 9.90. The standard InChI is InChI=1S/C16H16N2O/c1-10-7-15(19-4)11(2)12(3)16(10)14-5-6-18-9-13(14)8-17/h5-7,9H,1-4H3. The van der Waals surface area contributed by atoms with Gasteiger partial charge < -0.3 is 4.74 Å². The van der Waals surface area contributed by atoms with Gasteiger partial charge in [0.2, 0.25) is 0 Å². The van der Waals surface area contributed by atoms with E-state index < -0.39 is 0 Å². The van der Waals surface area contributed by atoms with Gasteiger partial charge in [-0.25, -0.2) is 0 Å². The van der Waals surface area contributed by atoms with Crippen LogP contribution >= 0.6 is 0 Å². The molecule has 3 heteroatoms. The number of aryl methyl sites for hydroxylation is 1. The van der Waals surface area contributed by atoms with Crippen molar-refractivity contribution in [2.75, 3.05) is 7.11 Å². The van der Waals surface area contributed by atoms with Crippen LogP contribution in [-0.4, -0.2) is 12.1 Å². The lowest BCUT2D eigenvalue weighted by Gasteiger charge is -2.16. The van der Waals surface area contributed by atoms with Gasteiger partial charge in [-0.05, 0) is 55.2 Å². The summed E-state index contributed by atoms with van der Waals surface area (Å²) in [5.74, 6) is 0.881. The molecule has 1 aromatic carbocycles. The minimum atomic E-state index is 0.596. The molecule has 0 bridgehead atoms. The van der Waals surface area contributed by atoms with Crippen LogP contribution in [-0.2, 0) is 0 Å². The first-order valence-corrected chi connectivity index (χ1v) is 6.09. The van der Waals surface area contributed by atoms with Crippen LogP contribution in [0.3, 0.4) is 0 Å². The average Bonchev–Trinajstić information content (AvgIpc) is 2.43. The second kappa shape index (κ2) is 5.11. The number of benzene rings is 1. The molecule has 3 nitrogen and oxygen atoms in total. The van der Waals surface area contributed by atoms with E-state index in [9.17, 15) is 5.26 Å². The topological polar surface area (TPSA) is 45.9 Å². The molecule has 0 fully saturated rings. The highest BCUT2D eigenvalue weighted by Gasteiger charge is 2.14. The lowest BCUT2D eigenvalue weighted by molar-refractivity contribution is 0.411. The number of rotatable bonds is 2. The number of nitriles is 1. The van der Waals surface area contributed by atoms with Crippen molar-refractivity contribution in [2.24, 2.45) is 0 Å². The van der Waals surface area contributed by atoms with E-state index in [1.165, 1.54) is 0 Å². The zero-order valence-electron chi connectivity index (χ0n) is 11.6. The number of hydrogen-bond acceptors (Lipinski definition) is 3. The Hall–Kier alpha value is -2.34. The molecule has 0 spiro atoms. The highest BCUT2D eigenvalue weighted by molar-refractivity contribution is 5.77. The maximum absolute atomic E-state index is 9.22. The lowest BCUT2D eigenvalue weighted by Crippen LogP contribution is -1.98. The van der Waals surface area contributed by atoms with E-state index in [0.717, 1.165) is 33.6 Å². The number of ether oxygens (including phenoxy) is 1. The molecule has 19 heavy (non-hydrogen) atoms. The van der Waals surface area contributed by atoms with Gasteiger partial charge >= 0.3 is 0 Å². The zero-order chi connectivity index (χ0) is 14.0. The van der Waals surface area contributed by atoms with Crippen molar-refractivity contribution in [1.82, 2.24) is 4.98 Å². The molecule has 96 valence electrons. The van der Waals surface area contributed by atoms with Gasteiger partial charge in [-0.3, -0.25) is 4.98 Å². The molecule has 0 aliphatic rings. The smallest absolute Gasteiger partial charge is 0.122 e. The van der Waals surface area contributed by atoms with Crippen LogP contribution in [0.2, 0.25) is 0 Å². The normalized spacial score (nSPS) is 10.1. The van der Waals surface area contributed by atoms with Crippen LogP contribution in [0.1, 0.15) is 22.3 Å². The largest absolute Gasteiger partial charge is 0.496 e. The zero-order valence-corrected chi connectivity index (χ0v) is 11.6. The molecule has 0 saturated heterocycles. The Morgan fingerprint density at radius 1 is 1.21 bits per heavy atom. The van der Waals surface area contributed by atoms with E-state index in [1.807, 2.05) is 26.0 Å². The molecule has 0 amide bonds. The van der Waals surface area contributed by atoms with Gasteiger partial charge in [0.25, 0.3) is 0 Å². The number of methoxy groups -OCH3 is 1. The van der Waals surface area contributed by atoms with E-state index in [-0.39, 0.29) is 0 Å². The molecule has 0 atom stereocenters. The van der Waals surface area contributed by atoms with Crippen LogP contribution in [0.5, 0.6) is 5.75 Å². The van der Waals surface area contributed by atoms with E-state index in [0.29, 0.717) is 5.56 Å². The highest BCUT2D eigenvalue weighted by Crippen LogP contribution is 2.35. The Bertz CT molecular complexity index is 669. The summed E-state index contributed by atoms with van der Waals surface area (Å²) in [4.78, 5) is 4.01. The van der Waals surface area contributed by atoms with Crippen LogP contribution in [0.4, 0.5) is 0 Å². The number of nitrogens with zero attached hydrogens (tertiary/aromatic N) is 2. The van der Waals surface area contributed by atoms with Crippen molar-refractivity contribution in [1.29, 1.82) is 5.26 Å². The number of pyridine rings is 1. The summed E-state index contributed by atoms with van der Waals surface area (Å²) in [6.07, 6.45) is 3.32. The first-order chi connectivity index (χ1) is 9.10. The highest BCUT2D eigenvalue weighted by atomic mass is 16.5. The summed E-state index contributed by atoms with van der Waals surface area (Å²) in [6.45, 7) is 6.12. The first kappa shape index (κ1) is 13.1. The maximum atomic E-state index is 9.22. The Kier molecular flexibility index (Phi) is 3.52. The Labute approximate surface area is 113 Å². The van der Waals surface area contributed by atoms with Crippen LogP contribution in [0.15, 0.2) is 24.5 Å². The summed E-state index contributed by atoms with van der Waals surface area (Å²) in [5, 5.41) is 9.22. The van der Waals surface area contributed by atoms with Gasteiger partial charge in [0, 0.05) is 18.0 Å². The van der Waals surface area contributed by atoms with E-state index in [2.05, 4.69) is 18.0 Å². The van der Waals surface area contributed by atoms with Crippen molar-refractivity contribution in [3.63, 3.8) is 0 Å². The fraction of sp³-hybridized carbons (Fsp3) is 0.250. The minimum Gasteiger partial charge on any atom is -0.496 e. The molecular weight excluding hydrogens is 236 g/mol. The quantitative estimate of drug-likeness (QED) is 0.821. The Balaban J connectivity index is 2.77. The minimum absolute atomic E-state index is 0.596. The van der Waals surface area contributed by atoms with Gasteiger partial charge in [-0.15, -0.1) is 0 Å². The molecule has 1 aromatic heterocycles.